The second-order valence-corrected chi connectivity index (χ2v) is 5.98. The molecule has 1 atom stereocenters. The summed E-state index contributed by atoms with van der Waals surface area (Å²) in [4.78, 5) is 4.52. The minimum Gasteiger partial charge on any atom is -0.490 e. The number of benzene rings is 1. The molecule has 2 aromatic rings. The number of halogens is 1. The summed E-state index contributed by atoms with van der Waals surface area (Å²) < 4.78 is 23.5. The standard InChI is InChI=1S/C14H14FN3OS/c15-10-3-1-2-9-11(6-7-19-12(9)10)16-14-17-13(18-20-14)8-4-5-8/h1-3,8,11H,4-7H2,(H,16,17,18)/t11-/m0/s1. The molecular weight excluding hydrogens is 277 g/mol. The number of anilines is 1. The van der Waals surface area contributed by atoms with Crippen molar-refractivity contribution in [1.82, 2.24) is 9.36 Å². The molecule has 1 aliphatic carbocycles. The average molecular weight is 291 g/mol. The maximum atomic E-state index is 13.7. The molecule has 0 saturated heterocycles. The summed E-state index contributed by atoms with van der Waals surface area (Å²) in [5.41, 5.74) is 0.861. The number of para-hydroxylation sites is 1. The van der Waals surface area contributed by atoms with Crippen LogP contribution < -0.4 is 10.1 Å². The number of hydrogen-bond donors (Lipinski definition) is 1. The van der Waals surface area contributed by atoms with E-state index >= 15 is 0 Å². The molecule has 0 amide bonds. The van der Waals surface area contributed by atoms with Gasteiger partial charge in [-0.1, -0.05) is 12.1 Å². The molecule has 1 fully saturated rings. The molecule has 0 spiro atoms. The van der Waals surface area contributed by atoms with E-state index in [-0.39, 0.29) is 11.9 Å². The summed E-state index contributed by atoms with van der Waals surface area (Å²) in [5.74, 6) is 1.57. The van der Waals surface area contributed by atoms with Crippen molar-refractivity contribution in [3.05, 3.63) is 35.4 Å². The molecule has 1 aromatic heterocycles. The SMILES string of the molecule is Fc1cccc2c1OCC[C@@H]2Nc1nc(C2CC2)ns1. The van der Waals surface area contributed by atoms with Crippen LogP contribution in [0, 0.1) is 5.82 Å². The van der Waals surface area contributed by atoms with E-state index < -0.39 is 0 Å². The van der Waals surface area contributed by atoms with Crippen molar-refractivity contribution in [1.29, 1.82) is 0 Å². The van der Waals surface area contributed by atoms with Crippen LogP contribution in [0.2, 0.25) is 0 Å². The normalized spacial score (nSPS) is 21.1. The number of hydrogen-bond acceptors (Lipinski definition) is 5. The third-order valence-electron chi connectivity index (χ3n) is 3.71. The van der Waals surface area contributed by atoms with Gasteiger partial charge in [-0.15, -0.1) is 0 Å². The first-order valence-electron chi connectivity index (χ1n) is 6.82. The lowest BCUT2D eigenvalue weighted by atomic mass is 10.0. The quantitative estimate of drug-likeness (QED) is 0.940. The van der Waals surface area contributed by atoms with Crippen LogP contribution in [0.5, 0.6) is 5.75 Å². The van der Waals surface area contributed by atoms with Gasteiger partial charge >= 0.3 is 0 Å². The van der Waals surface area contributed by atoms with E-state index in [0.29, 0.717) is 18.3 Å². The van der Waals surface area contributed by atoms with Gasteiger partial charge in [-0.05, 0) is 18.9 Å². The zero-order chi connectivity index (χ0) is 13.5. The van der Waals surface area contributed by atoms with Gasteiger partial charge in [0.25, 0.3) is 0 Å². The molecule has 104 valence electrons. The van der Waals surface area contributed by atoms with Crippen LogP contribution in [-0.2, 0) is 0 Å². The summed E-state index contributed by atoms with van der Waals surface area (Å²) in [6.45, 7) is 0.514. The Kier molecular flexibility index (Phi) is 2.84. The smallest absolute Gasteiger partial charge is 0.203 e. The predicted octanol–water partition coefficient (Wildman–Crippen LogP) is 3.49. The van der Waals surface area contributed by atoms with Crippen LogP contribution >= 0.6 is 11.5 Å². The summed E-state index contributed by atoms with van der Waals surface area (Å²) in [6, 6.07) is 5.08. The zero-order valence-corrected chi connectivity index (χ0v) is 11.6. The number of nitrogens with one attached hydrogen (secondary N) is 1. The van der Waals surface area contributed by atoms with Gasteiger partial charge in [0.15, 0.2) is 11.6 Å². The number of ether oxygens (including phenoxy) is 1. The predicted molar refractivity (Wildman–Crippen MR) is 74.8 cm³/mol. The Morgan fingerprint density at radius 2 is 2.20 bits per heavy atom. The van der Waals surface area contributed by atoms with Crippen molar-refractivity contribution in [2.45, 2.75) is 31.2 Å². The fourth-order valence-electron chi connectivity index (χ4n) is 2.49. The largest absolute Gasteiger partial charge is 0.490 e. The first kappa shape index (κ1) is 12.1. The Morgan fingerprint density at radius 1 is 1.30 bits per heavy atom. The molecule has 0 radical (unpaired) electrons. The minimum absolute atomic E-state index is 0.0365. The lowest BCUT2D eigenvalue weighted by Gasteiger charge is -2.26. The molecule has 4 nitrogen and oxygen atoms in total. The lowest BCUT2D eigenvalue weighted by Crippen LogP contribution is -2.21. The van der Waals surface area contributed by atoms with E-state index in [4.69, 9.17) is 4.74 Å². The zero-order valence-electron chi connectivity index (χ0n) is 10.8. The van der Waals surface area contributed by atoms with E-state index in [2.05, 4.69) is 14.7 Å². The van der Waals surface area contributed by atoms with Gasteiger partial charge in [-0.2, -0.15) is 4.37 Å². The van der Waals surface area contributed by atoms with Crippen LogP contribution in [-0.4, -0.2) is 16.0 Å². The Bertz CT molecular complexity index is 641. The molecule has 2 heterocycles. The second-order valence-electron chi connectivity index (χ2n) is 5.22. The Morgan fingerprint density at radius 3 is 3.05 bits per heavy atom. The summed E-state index contributed by atoms with van der Waals surface area (Å²) in [6.07, 6.45) is 3.19. The minimum atomic E-state index is -0.301. The number of aromatic nitrogens is 2. The van der Waals surface area contributed by atoms with Crippen molar-refractivity contribution < 1.29 is 9.13 Å². The van der Waals surface area contributed by atoms with Crippen molar-refractivity contribution in [3.8, 4) is 5.75 Å². The molecule has 1 aromatic carbocycles. The summed E-state index contributed by atoms with van der Waals surface area (Å²) >= 11 is 1.38. The lowest BCUT2D eigenvalue weighted by molar-refractivity contribution is 0.260. The van der Waals surface area contributed by atoms with Crippen molar-refractivity contribution in [2.75, 3.05) is 11.9 Å². The molecule has 2 aliphatic rings. The topological polar surface area (TPSA) is 47.0 Å². The Balaban J connectivity index is 1.58. The third-order valence-corrected chi connectivity index (χ3v) is 4.37. The molecule has 4 rings (SSSR count). The maximum absolute atomic E-state index is 13.7. The molecule has 1 aliphatic heterocycles. The second kappa shape index (κ2) is 4.70. The van der Waals surface area contributed by atoms with E-state index in [1.807, 2.05) is 6.07 Å². The molecule has 0 bridgehead atoms. The van der Waals surface area contributed by atoms with Gasteiger partial charge in [0.05, 0.1) is 12.6 Å². The average Bonchev–Trinajstić information content (AvgIpc) is 3.21. The van der Waals surface area contributed by atoms with Crippen molar-refractivity contribution >= 4 is 16.7 Å². The van der Waals surface area contributed by atoms with E-state index in [1.54, 1.807) is 6.07 Å². The molecule has 1 N–H and O–H groups in total. The van der Waals surface area contributed by atoms with Gasteiger partial charge < -0.3 is 10.1 Å². The van der Waals surface area contributed by atoms with Crippen LogP contribution in [0.1, 0.15) is 42.6 Å². The van der Waals surface area contributed by atoms with Crippen LogP contribution in [0.15, 0.2) is 18.2 Å². The fraction of sp³-hybridized carbons (Fsp3) is 0.429. The van der Waals surface area contributed by atoms with Crippen LogP contribution in [0.3, 0.4) is 0 Å². The van der Waals surface area contributed by atoms with E-state index in [1.165, 1.54) is 30.4 Å². The van der Waals surface area contributed by atoms with E-state index in [9.17, 15) is 4.39 Å². The highest BCUT2D eigenvalue weighted by Crippen LogP contribution is 2.40. The van der Waals surface area contributed by atoms with Crippen LogP contribution in [0.25, 0.3) is 0 Å². The molecule has 0 unspecified atom stereocenters. The van der Waals surface area contributed by atoms with Crippen LogP contribution in [0.4, 0.5) is 9.52 Å². The Labute approximate surface area is 120 Å². The Hall–Kier alpha value is -1.69. The number of fused-ring (bicyclic) bond motifs is 1. The highest BCUT2D eigenvalue weighted by Gasteiger charge is 2.29. The number of nitrogens with zero attached hydrogens (tertiary/aromatic N) is 2. The van der Waals surface area contributed by atoms with Gasteiger partial charge in [0.2, 0.25) is 5.13 Å². The first-order chi connectivity index (χ1) is 9.81. The van der Waals surface area contributed by atoms with Crippen molar-refractivity contribution in [3.63, 3.8) is 0 Å². The fourth-order valence-corrected chi connectivity index (χ4v) is 3.19. The highest BCUT2D eigenvalue weighted by molar-refractivity contribution is 7.09. The van der Waals surface area contributed by atoms with Crippen molar-refractivity contribution in [2.24, 2.45) is 0 Å². The monoisotopic (exact) mass is 291 g/mol. The highest BCUT2D eigenvalue weighted by atomic mass is 32.1. The molecular formula is C14H14FN3OS. The molecule has 20 heavy (non-hydrogen) atoms. The van der Waals surface area contributed by atoms with Gasteiger partial charge in [0.1, 0.15) is 5.82 Å². The molecule has 1 saturated carbocycles. The van der Waals surface area contributed by atoms with E-state index in [0.717, 1.165) is 22.9 Å². The van der Waals surface area contributed by atoms with Gasteiger partial charge in [0, 0.05) is 29.4 Å². The first-order valence-corrected chi connectivity index (χ1v) is 7.60. The number of rotatable bonds is 3. The van der Waals surface area contributed by atoms with Gasteiger partial charge in [-0.25, -0.2) is 9.37 Å². The maximum Gasteiger partial charge on any atom is 0.203 e. The molecule has 6 heteroatoms. The van der Waals surface area contributed by atoms with Gasteiger partial charge in [-0.3, -0.25) is 0 Å². The summed E-state index contributed by atoms with van der Waals surface area (Å²) in [7, 11) is 0. The summed E-state index contributed by atoms with van der Waals surface area (Å²) in [5, 5.41) is 4.18. The third kappa shape index (κ3) is 2.14.